The Morgan fingerprint density at radius 1 is 1.13 bits per heavy atom. The highest BCUT2D eigenvalue weighted by molar-refractivity contribution is 6.05. The van der Waals surface area contributed by atoms with Gasteiger partial charge in [-0.05, 0) is 55.8 Å². The van der Waals surface area contributed by atoms with E-state index in [1.54, 1.807) is 56.3 Å². The molecule has 0 aliphatic rings. The van der Waals surface area contributed by atoms with Gasteiger partial charge in [0.15, 0.2) is 11.5 Å². The van der Waals surface area contributed by atoms with Gasteiger partial charge in [-0.3, -0.25) is 9.59 Å². The molecule has 2 aromatic carbocycles. The highest BCUT2D eigenvalue weighted by Crippen LogP contribution is 2.32. The number of hydrogen-bond acceptors (Lipinski definition) is 6. The summed E-state index contributed by atoms with van der Waals surface area (Å²) in [5, 5.41) is 15.8. The van der Waals surface area contributed by atoms with Gasteiger partial charge in [0.2, 0.25) is 0 Å². The molecule has 3 aromatic rings. The first-order chi connectivity index (χ1) is 14.3. The quantitative estimate of drug-likeness (QED) is 0.699. The van der Waals surface area contributed by atoms with Crippen molar-refractivity contribution in [3.63, 3.8) is 0 Å². The number of anilines is 1. The highest BCUT2D eigenvalue weighted by atomic mass is 16.5. The Kier molecular flexibility index (Phi) is 5.83. The molecule has 152 valence electrons. The maximum Gasteiger partial charge on any atom is 0.279 e. The molecule has 1 aromatic heterocycles. The van der Waals surface area contributed by atoms with E-state index in [1.165, 1.54) is 14.2 Å². The monoisotopic (exact) mass is 404 g/mol. The number of amides is 1. The molecule has 0 saturated heterocycles. The molecular weight excluding hydrogens is 384 g/mol. The summed E-state index contributed by atoms with van der Waals surface area (Å²) < 4.78 is 12.2. The number of nitrogens with zero attached hydrogens (tertiary/aromatic N) is 3. The van der Waals surface area contributed by atoms with Crippen LogP contribution in [0.5, 0.6) is 17.2 Å². The van der Waals surface area contributed by atoms with Crippen molar-refractivity contribution in [2.45, 2.75) is 13.8 Å². The Morgan fingerprint density at radius 2 is 1.83 bits per heavy atom. The summed E-state index contributed by atoms with van der Waals surface area (Å²) >= 11 is 0. The minimum atomic E-state index is -0.499. The van der Waals surface area contributed by atoms with Gasteiger partial charge in [-0.2, -0.15) is 10.4 Å². The van der Waals surface area contributed by atoms with Crippen molar-refractivity contribution in [2.24, 2.45) is 7.05 Å². The highest BCUT2D eigenvalue weighted by Gasteiger charge is 2.18. The van der Waals surface area contributed by atoms with E-state index in [2.05, 4.69) is 10.4 Å². The van der Waals surface area contributed by atoms with Crippen molar-refractivity contribution in [1.82, 2.24) is 9.78 Å². The van der Waals surface area contributed by atoms with Crippen LogP contribution in [0, 0.1) is 25.2 Å². The largest absolute Gasteiger partial charge is 0.493 e. The van der Waals surface area contributed by atoms with Gasteiger partial charge >= 0.3 is 0 Å². The Morgan fingerprint density at radius 3 is 2.47 bits per heavy atom. The topological polar surface area (TPSA) is 106 Å². The predicted octanol–water partition coefficient (Wildman–Crippen LogP) is 3.32. The number of methoxy groups -OCH3 is 1. The number of nitriles is 1. The number of nitrogens with one attached hydrogen (secondary N) is 1. The fourth-order valence-corrected chi connectivity index (χ4v) is 2.86. The molecule has 8 nitrogen and oxygen atoms in total. The Balaban J connectivity index is 1.78. The van der Waals surface area contributed by atoms with E-state index in [0.29, 0.717) is 39.8 Å². The van der Waals surface area contributed by atoms with Gasteiger partial charge in [0.05, 0.1) is 24.4 Å². The molecule has 0 atom stereocenters. The summed E-state index contributed by atoms with van der Waals surface area (Å²) in [5.41, 5.74) is 1.74. The summed E-state index contributed by atoms with van der Waals surface area (Å²) in [5.74, 6) is 0.911. The van der Waals surface area contributed by atoms with Gasteiger partial charge in [0.25, 0.3) is 11.5 Å². The molecule has 3 rings (SSSR count). The summed E-state index contributed by atoms with van der Waals surface area (Å²) in [7, 11) is 3.00. The van der Waals surface area contributed by atoms with Crippen LogP contribution in [-0.4, -0.2) is 22.8 Å². The van der Waals surface area contributed by atoms with E-state index in [0.717, 1.165) is 4.68 Å². The Hall–Kier alpha value is -4.12. The average Bonchev–Trinajstić information content (AvgIpc) is 2.74. The van der Waals surface area contributed by atoms with Crippen LogP contribution in [0.1, 0.15) is 27.2 Å². The molecule has 1 amide bonds. The summed E-state index contributed by atoms with van der Waals surface area (Å²) in [4.78, 5) is 25.0. The molecule has 0 radical (unpaired) electrons. The minimum absolute atomic E-state index is 0.0626. The molecule has 0 aliphatic carbocycles. The molecule has 0 saturated carbocycles. The van der Waals surface area contributed by atoms with Crippen LogP contribution in [0.4, 0.5) is 5.69 Å². The molecule has 0 unspecified atom stereocenters. The molecule has 30 heavy (non-hydrogen) atoms. The van der Waals surface area contributed by atoms with Gasteiger partial charge < -0.3 is 14.8 Å². The smallest absolute Gasteiger partial charge is 0.279 e. The van der Waals surface area contributed by atoms with E-state index >= 15 is 0 Å². The standard InChI is InChI=1S/C22H20N4O4/c1-13-14(2)25-26(3)22(28)20(13)21(27)24-16-6-8-17(9-7-16)30-18-10-5-15(12-23)11-19(18)29-4/h5-11H,1-4H3,(H,24,27). The van der Waals surface area contributed by atoms with Crippen LogP contribution in [0.3, 0.4) is 0 Å². The van der Waals surface area contributed by atoms with Crippen LogP contribution >= 0.6 is 0 Å². The molecule has 0 bridgehead atoms. The first kappa shape index (κ1) is 20.6. The van der Waals surface area contributed by atoms with Crippen LogP contribution in [0.25, 0.3) is 0 Å². The van der Waals surface area contributed by atoms with Gasteiger partial charge in [0, 0.05) is 18.8 Å². The normalized spacial score (nSPS) is 10.2. The number of hydrogen-bond donors (Lipinski definition) is 1. The number of ether oxygens (including phenoxy) is 2. The third kappa shape index (κ3) is 4.15. The van der Waals surface area contributed by atoms with Crippen LogP contribution in [-0.2, 0) is 7.05 Å². The molecule has 0 fully saturated rings. The van der Waals surface area contributed by atoms with E-state index < -0.39 is 11.5 Å². The molecule has 0 aliphatic heterocycles. The maximum absolute atomic E-state index is 12.7. The number of rotatable bonds is 5. The van der Waals surface area contributed by atoms with Gasteiger partial charge in [-0.25, -0.2) is 4.68 Å². The van der Waals surface area contributed by atoms with Crippen molar-refractivity contribution < 1.29 is 14.3 Å². The second-order valence-electron chi connectivity index (χ2n) is 6.57. The summed E-state index contributed by atoms with van der Waals surface area (Å²) in [6, 6.07) is 13.6. The lowest BCUT2D eigenvalue weighted by Crippen LogP contribution is -2.31. The number of aromatic nitrogens is 2. The van der Waals surface area contributed by atoms with Crippen molar-refractivity contribution in [2.75, 3.05) is 12.4 Å². The number of aryl methyl sites for hydroxylation is 2. The van der Waals surface area contributed by atoms with E-state index in [1.807, 2.05) is 6.07 Å². The average molecular weight is 404 g/mol. The number of carbonyl (C=O) groups is 1. The fourth-order valence-electron chi connectivity index (χ4n) is 2.86. The van der Waals surface area contributed by atoms with Crippen molar-refractivity contribution >= 4 is 11.6 Å². The van der Waals surface area contributed by atoms with Gasteiger partial charge in [-0.15, -0.1) is 0 Å². The Bertz CT molecular complexity index is 1210. The fraction of sp³-hybridized carbons (Fsp3) is 0.182. The SMILES string of the molecule is COc1cc(C#N)ccc1Oc1ccc(NC(=O)c2c(C)c(C)nn(C)c2=O)cc1. The first-order valence-corrected chi connectivity index (χ1v) is 9.06. The summed E-state index contributed by atoms with van der Waals surface area (Å²) in [6.07, 6.45) is 0. The lowest BCUT2D eigenvalue weighted by Gasteiger charge is -2.12. The lowest BCUT2D eigenvalue weighted by molar-refractivity contribution is 0.102. The lowest BCUT2D eigenvalue weighted by atomic mass is 10.1. The zero-order valence-corrected chi connectivity index (χ0v) is 17.0. The maximum atomic E-state index is 12.7. The van der Waals surface area contributed by atoms with Gasteiger partial charge in [0.1, 0.15) is 11.3 Å². The van der Waals surface area contributed by atoms with Crippen molar-refractivity contribution in [3.05, 3.63) is 75.2 Å². The van der Waals surface area contributed by atoms with E-state index in [-0.39, 0.29) is 5.56 Å². The summed E-state index contributed by atoms with van der Waals surface area (Å²) in [6.45, 7) is 3.44. The molecule has 1 N–H and O–H groups in total. The second-order valence-corrected chi connectivity index (χ2v) is 6.57. The first-order valence-electron chi connectivity index (χ1n) is 9.06. The number of carbonyl (C=O) groups excluding carboxylic acids is 1. The third-order valence-corrected chi connectivity index (χ3v) is 4.59. The molecule has 1 heterocycles. The number of benzene rings is 2. The zero-order chi connectivity index (χ0) is 21.8. The molecule has 0 spiro atoms. The zero-order valence-electron chi connectivity index (χ0n) is 17.0. The van der Waals surface area contributed by atoms with Gasteiger partial charge in [-0.1, -0.05) is 0 Å². The molecule has 8 heteroatoms. The van der Waals surface area contributed by atoms with Crippen LogP contribution in [0.2, 0.25) is 0 Å². The Labute approximate surface area is 173 Å². The molecular formula is C22H20N4O4. The van der Waals surface area contributed by atoms with Crippen LogP contribution in [0.15, 0.2) is 47.3 Å². The van der Waals surface area contributed by atoms with Crippen LogP contribution < -0.4 is 20.3 Å². The van der Waals surface area contributed by atoms with Crippen molar-refractivity contribution in [1.29, 1.82) is 5.26 Å². The van der Waals surface area contributed by atoms with E-state index in [9.17, 15) is 9.59 Å². The third-order valence-electron chi connectivity index (χ3n) is 4.59. The van der Waals surface area contributed by atoms with E-state index in [4.69, 9.17) is 14.7 Å². The predicted molar refractivity (Wildman–Crippen MR) is 111 cm³/mol. The minimum Gasteiger partial charge on any atom is -0.493 e. The second kappa shape index (κ2) is 8.49. The van der Waals surface area contributed by atoms with Crippen molar-refractivity contribution in [3.8, 4) is 23.3 Å².